The molecule has 0 bridgehead atoms. The Morgan fingerprint density at radius 1 is 1.33 bits per heavy atom. The number of benzene rings is 1. The van der Waals surface area contributed by atoms with Crippen molar-refractivity contribution in [1.29, 1.82) is 0 Å². The Hall–Kier alpha value is -1.27. The maximum atomic E-state index is 11.7. The first-order chi connectivity index (χ1) is 9.60. The van der Waals surface area contributed by atoms with Crippen molar-refractivity contribution < 1.29 is 17.9 Å². The van der Waals surface area contributed by atoms with E-state index in [-0.39, 0.29) is 12.4 Å². The van der Waals surface area contributed by atoms with Gasteiger partial charge in [-0.2, -0.15) is 0 Å². The number of halogens is 1. The summed E-state index contributed by atoms with van der Waals surface area (Å²) in [6, 6.07) is 8.87. The molecule has 1 N–H and O–H groups in total. The molecule has 0 heterocycles. The molecule has 0 radical (unpaired) electrons. The molecule has 0 aromatic heterocycles. The number of ether oxygens (including phenoxy) is 1. The summed E-state index contributed by atoms with van der Waals surface area (Å²) in [6.45, 7) is 5.31. The smallest absolute Gasteiger partial charge is 0.407 e. The molecule has 1 aromatic carbocycles. The topological polar surface area (TPSA) is 72.5 Å². The molecule has 1 amide bonds. The highest BCUT2D eigenvalue weighted by Crippen LogP contribution is 2.24. The third-order valence-corrected chi connectivity index (χ3v) is 4.68. The van der Waals surface area contributed by atoms with Gasteiger partial charge in [0, 0.05) is 16.7 Å². The highest BCUT2D eigenvalue weighted by Gasteiger charge is 2.32. The molecule has 1 aromatic rings. The molecule has 0 fully saturated rings. The van der Waals surface area contributed by atoms with Crippen molar-refractivity contribution in [2.24, 2.45) is 5.41 Å². The zero-order valence-electron chi connectivity index (χ0n) is 12.3. The van der Waals surface area contributed by atoms with Crippen LogP contribution < -0.4 is 5.32 Å². The molecule has 0 aliphatic rings. The second-order valence-electron chi connectivity index (χ2n) is 5.60. The molecule has 0 saturated carbocycles. The Kier molecular flexibility index (Phi) is 6.04. The summed E-state index contributed by atoms with van der Waals surface area (Å²) in [7, 11) is 1.63. The molecule has 7 heteroatoms. The van der Waals surface area contributed by atoms with Crippen LogP contribution >= 0.6 is 10.7 Å². The lowest BCUT2D eigenvalue weighted by molar-refractivity contribution is 0.128. The normalized spacial score (nSPS) is 13.5. The third kappa shape index (κ3) is 6.82. The number of amides is 1. The first-order valence-corrected chi connectivity index (χ1v) is 8.97. The second kappa shape index (κ2) is 7.13. The standard InChI is InChI=1S/C14H20ClNO4S/c1-11(14(2,3)10-21(15,18)19)16-13(17)20-9-12-7-5-4-6-8-12/h4-8,11H,9-10H2,1-3H3,(H,16,17). The van der Waals surface area contributed by atoms with Crippen molar-refractivity contribution in [2.75, 3.05) is 5.75 Å². The second-order valence-corrected chi connectivity index (χ2v) is 8.38. The fraction of sp³-hybridized carbons (Fsp3) is 0.500. The summed E-state index contributed by atoms with van der Waals surface area (Å²) >= 11 is 0. The van der Waals surface area contributed by atoms with Gasteiger partial charge in [-0.25, -0.2) is 13.2 Å². The van der Waals surface area contributed by atoms with Gasteiger partial charge in [0.15, 0.2) is 0 Å². The Labute approximate surface area is 130 Å². The average Bonchev–Trinajstić information content (AvgIpc) is 2.34. The summed E-state index contributed by atoms with van der Waals surface area (Å²) in [5.41, 5.74) is 0.176. The van der Waals surface area contributed by atoms with Crippen LogP contribution in [0.3, 0.4) is 0 Å². The van der Waals surface area contributed by atoms with Crippen LogP contribution in [0.25, 0.3) is 0 Å². The minimum atomic E-state index is -3.64. The third-order valence-electron chi connectivity index (χ3n) is 3.26. The maximum Gasteiger partial charge on any atom is 0.407 e. The predicted octanol–water partition coefficient (Wildman–Crippen LogP) is 2.90. The van der Waals surface area contributed by atoms with E-state index in [9.17, 15) is 13.2 Å². The summed E-state index contributed by atoms with van der Waals surface area (Å²) in [6.07, 6.45) is -0.591. The number of nitrogens with one attached hydrogen (secondary N) is 1. The molecule has 1 unspecified atom stereocenters. The van der Waals surface area contributed by atoms with E-state index >= 15 is 0 Å². The van der Waals surface area contributed by atoms with Crippen molar-refractivity contribution in [3.05, 3.63) is 35.9 Å². The number of carbonyl (C=O) groups excluding carboxylic acids is 1. The van der Waals surface area contributed by atoms with Gasteiger partial charge in [-0.1, -0.05) is 44.2 Å². The lowest BCUT2D eigenvalue weighted by Gasteiger charge is -2.30. The lowest BCUT2D eigenvalue weighted by Crippen LogP contribution is -2.45. The summed E-state index contributed by atoms with van der Waals surface area (Å²) in [4.78, 5) is 11.7. The number of rotatable bonds is 6. The summed E-state index contributed by atoms with van der Waals surface area (Å²) in [5, 5.41) is 2.63. The van der Waals surface area contributed by atoms with Gasteiger partial charge in [0.05, 0.1) is 5.75 Å². The predicted molar refractivity (Wildman–Crippen MR) is 82.6 cm³/mol. The highest BCUT2D eigenvalue weighted by atomic mass is 35.7. The molecular weight excluding hydrogens is 314 g/mol. The van der Waals surface area contributed by atoms with Gasteiger partial charge in [-0.05, 0) is 17.9 Å². The Balaban J connectivity index is 2.50. The van der Waals surface area contributed by atoms with Crippen molar-refractivity contribution in [2.45, 2.75) is 33.4 Å². The molecular formula is C14H20ClNO4S. The first kappa shape index (κ1) is 17.8. The van der Waals surface area contributed by atoms with Crippen LogP contribution in [0, 0.1) is 5.41 Å². The zero-order valence-corrected chi connectivity index (χ0v) is 13.9. The Morgan fingerprint density at radius 2 is 1.90 bits per heavy atom. The van der Waals surface area contributed by atoms with Crippen LogP contribution in [0.5, 0.6) is 0 Å². The van der Waals surface area contributed by atoms with Gasteiger partial charge < -0.3 is 10.1 Å². The number of alkyl carbamates (subject to hydrolysis) is 1. The number of hydrogen-bond donors (Lipinski definition) is 1. The van der Waals surface area contributed by atoms with E-state index in [1.165, 1.54) is 0 Å². The largest absolute Gasteiger partial charge is 0.445 e. The Morgan fingerprint density at radius 3 is 2.43 bits per heavy atom. The van der Waals surface area contributed by atoms with Crippen molar-refractivity contribution in [1.82, 2.24) is 5.32 Å². The average molecular weight is 334 g/mol. The van der Waals surface area contributed by atoms with Gasteiger partial charge in [-0.3, -0.25) is 0 Å². The van der Waals surface area contributed by atoms with E-state index in [0.717, 1.165) is 5.56 Å². The van der Waals surface area contributed by atoms with Crippen LogP contribution in [0.1, 0.15) is 26.3 Å². The minimum absolute atomic E-state index is 0.160. The fourth-order valence-electron chi connectivity index (χ4n) is 1.71. The van der Waals surface area contributed by atoms with Crippen LogP contribution in [0.2, 0.25) is 0 Å². The zero-order chi connectivity index (χ0) is 16.1. The fourth-order valence-corrected chi connectivity index (χ4v) is 3.69. The molecule has 1 atom stereocenters. The monoisotopic (exact) mass is 333 g/mol. The van der Waals surface area contributed by atoms with E-state index < -0.39 is 26.6 Å². The van der Waals surface area contributed by atoms with Gasteiger partial charge in [-0.15, -0.1) is 0 Å². The summed E-state index contributed by atoms with van der Waals surface area (Å²) < 4.78 is 27.4. The van der Waals surface area contributed by atoms with Crippen LogP contribution in [-0.4, -0.2) is 26.3 Å². The molecule has 1 rings (SSSR count). The van der Waals surface area contributed by atoms with Crippen LogP contribution in [-0.2, 0) is 20.4 Å². The molecule has 118 valence electrons. The molecule has 21 heavy (non-hydrogen) atoms. The van der Waals surface area contributed by atoms with E-state index in [1.807, 2.05) is 30.3 Å². The van der Waals surface area contributed by atoms with Gasteiger partial charge in [0.2, 0.25) is 9.05 Å². The van der Waals surface area contributed by atoms with E-state index in [4.69, 9.17) is 15.4 Å². The quantitative estimate of drug-likeness (QED) is 0.812. The first-order valence-electron chi connectivity index (χ1n) is 6.50. The van der Waals surface area contributed by atoms with Crippen molar-refractivity contribution >= 4 is 25.8 Å². The van der Waals surface area contributed by atoms with Crippen LogP contribution in [0.4, 0.5) is 4.79 Å². The molecule has 0 saturated heterocycles. The molecule has 0 aliphatic heterocycles. The highest BCUT2D eigenvalue weighted by molar-refractivity contribution is 8.13. The minimum Gasteiger partial charge on any atom is -0.445 e. The van der Waals surface area contributed by atoms with Gasteiger partial charge >= 0.3 is 6.09 Å². The van der Waals surface area contributed by atoms with Crippen LogP contribution in [0.15, 0.2) is 30.3 Å². The van der Waals surface area contributed by atoms with E-state index in [0.29, 0.717) is 0 Å². The molecule has 0 aliphatic carbocycles. The Bertz CT molecular complexity index is 572. The molecule has 5 nitrogen and oxygen atoms in total. The van der Waals surface area contributed by atoms with Gasteiger partial charge in [0.1, 0.15) is 6.61 Å². The number of hydrogen-bond acceptors (Lipinski definition) is 4. The summed E-state index contributed by atoms with van der Waals surface area (Å²) in [5.74, 6) is -0.234. The SMILES string of the molecule is CC(NC(=O)OCc1ccccc1)C(C)(C)CS(=O)(=O)Cl. The van der Waals surface area contributed by atoms with Crippen molar-refractivity contribution in [3.63, 3.8) is 0 Å². The van der Waals surface area contributed by atoms with E-state index in [1.54, 1.807) is 20.8 Å². The van der Waals surface area contributed by atoms with Crippen molar-refractivity contribution in [3.8, 4) is 0 Å². The lowest BCUT2D eigenvalue weighted by atomic mass is 9.88. The maximum absolute atomic E-state index is 11.7. The van der Waals surface area contributed by atoms with E-state index in [2.05, 4.69) is 5.32 Å². The van der Waals surface area contributed by atoms with Gasteiger partial charge in [0.25, 0.3) is 0 Å². The molecule has 0 spiro atoms. The number of carbonyl (C=O) groups is 1.